The second kappa shape index (κ2) is 5.23. The molecule has 1 aromatic carbocycles. The van der Waals surface area contributed by atoms with Crippen molar-refractivity contribution >= 4 is 6.29 Å². The summed E-state index contributed by atoms with van der Waals surface area (Å²) in [6.07, 6.45) is 10.9. The Labute approximate surface area is 121 Å². The Morgan fingerprint density at radius 1 is 1.20 bits per heavy atom. The summed E-state index contributed by atoms with van der Waals surface area (Å²) >= 11 is 0. The third kappa shape index (κ3) is 2.25. The zero-order chi connectivity index (χ0) is 14.2. The molecule has 2 fully saturated rings. The van der Waals surface area contributed by atoms with E-state index in [2.05, 4.69) is 6.07 Å². The third-order valence-electron chi connectivity index (χ3n) is 5.46. The molecule has 2 heteroatoms. The van der Waals surface area contributed by atoms with E-state index in [9.17, 15) is 9.90 Å². The molecular weight excluding hydrogens is 248 g/mol. The third-order valence-corrected chi connectivity index (χ3v) is 5.46. The lowest BCUT2D eigenvalue weighted by molar-refractivity contribution is 0.112. The Morgan fingerprint density at radius 3 is 2.85 bits per heavy atom. The van der Waals surface area contributed by atoms with Crippen LogP contribution in [-0.4, -0.2) is 11.4 Å². The summed E-state index contributed by atoms with van der Waals surface area (Å²) in [6.45, 7) is 2.02. The number of phenolic OH excluding ortho intramolecular Hbond substituents is 1. The highest BCUT2D eigenvalue weighted by molar-refractivity contribution is 5.80. The number of aldehydes is 1. The van der Waals surface area contributed by atoms with Gasteiger partial charge < -0.3 is 5.11 Å². The zero-order valence-corrected chi connectivity index (χ0v) is 12.3. The Bertz CT molecular complexity index is 520. The van der Waals surface area contributed by atoms with Gasteiger partial charge in [0.2, 0.25) is 0 Å². The fourth-order valence-corrected chi connectivity index (χ4v) is 4.46. The first-order valence-corrected chi connectivity index (χ1v) is 7.94. The molecule has 2 unspecified atom stereocenters. The lowest BCUT2D eigenvalue weighted by Gasteiger charge is -2.33. The molecule has 1 aromatic rings. The van der Waals surface area contributed by atoms with Crippen LogP contribution in [0.3, 0.4) is 0 Å². The van der Waals surface area contributed by atoms with Gasteiger partial charge in [0.25, 0.3) is 0 Å². The summed E-state index contributed by atoms with van der Waals surface area (Å²) in [7, 11) is 0. The monoisotopic (exact) mass is 272 g/mol. The summed E-state index contributed by atoms with van der Waals surface area (Å²) in [4.78, 5) is 11.2. The number of benzene rings is 1. The lowest BCUT2D eigenvalue weighted by atomic mass is 9.71. The number of phenols is 1. The molecule has 3 rings (SSSR count). The fraction of sp³-hybridized carbons (Fsp3) is 0.611. The summed E-state index contributed by atoms with van der Waals surface area (Å²) < 4.78 is 0. The van der Waals surface area contributed by atoms with E-state index in [1.165, 1.54) is 51.4 Å². The first-order chi connectivity index (χ1) is 9.64. The molecule has 0 spiro atoms. The highest BCUT2D eigenvalue weighted by Crippen LogP contribution is 2.53. The molecule has 108 valence electrons. The second-order valence-corrected chi connectivity index (χ2v) is 6.86. The van der Waals surface area contributed by atoms with Crippen molar-refractivity contribution in [3.05, 3.63) is 28.8 Å². The predicted octanol–water partition coefficient (Wildman–Crippen LogP) is 4.52. The molecule has 2 bridgehead atoms. The van der Waals surface area contributed by atoms with Crippen LogP contribution in [0.5, 0.6) is 5.75 Å². The van der Waals surface area contributed by atoms with Crippen LogP contribution in [0.1, 0.15) is 72.9 Å². The molecule has 0 aromatic heterocycles. The van der Waals surface area contributed by atoms with E-state index < -0.39 is 0 Å². The molecule has 2 atom stereocenters. The molecule has 0 heterocycles. The SMILES string of the molecule is Cc1cc(C=O)c(O)c(C23CCCCCC(CC2)C3)c1. The van der Waals surface area contributed by atoms with Crippen molar-refractivity contribution in [3.8, 4) is 5.75 Å². The predicted molar refractivity (Wildman–Crippen MR) is 80.3 cm³/mol. The summed E-state index contributed by atoms with van der Waals surface area (Å²) in [6, 6.07) is 3.91. The maximum absolute atomic E-state index is 11.2. The summed E-state index contributed by atoms with van der Waals surface area (Å²) in [5.74, 6) is 1.06. The highest BCUT2D eigenvalue weighted by Gasteiger charge is 2.42. The number of aromatic hydroxyl groups is 1. The van der Waals surface area contributed by atoms with Gasteiger partial charge in [0.15, 0.2) is 6.29 Å². The molecule has 2 aliphatic carbocycles. The van der Waals surface area contributed by atoms with E-state index in [0.717, 1.165) is 23.3 Å². The van der Waals surface area contributed by atoms with Gasteiger partial charge in [-0.25, -0.2) is 0 Å². The molecule has 0 aliphatic heterocycles. The van der Waals surface area contributed by atoms with E-state index in [4.69, 9.17) is 0 Å². The minimum Gasteiger partial charge on any atom is -0.507 e. The van der Waals surface area contributed by atoms with Gasteiger partial charge in [0, 0.05) is 5.56 Å². The van der Waals surface area contributed by atoms with Gasteiger partial charge in [-0.05, 0) is 55.6 Å². The molecule has 2 saturated carbocycles. The molecule has 2 nitrogen and oxygen atoms in total. The van der Waals surface area contributed by atoms with Crippen LogP contribution in [-0.2, 0) is 5.41 Å². The number of hydrogen-bond acceptors (Lipinski definition) is 2. The van der Waals surface area contributed by atoms with Gasteiger partial charge in [-0.2, -0.15) is 0 Å². The first kappa shape index (κ1) is 13.7. The Morgan fingerprint density at radius 2 is 2.05 bits per heavy atom. The number of aryl methyl sites for hydroxylation is 1. The fourth-order valence-electron chi connectivity index (χ4n) is 4.46. The van der Waals surface area contributed by atoms with E-state index in [0.29, 0.717) is 5.56 Å². The smallest absolute Gasteiger partial charge is 0.153 e. The maximum Gasteiger partial charge on any atom is 0.153 e. The average molecular weight is 272 g/mol. The topological polar surface area (TPSA) is 37.3 Å². The van der Waals surface area contributed by atoms with Crippen molar-refractivity contribution in [1.82, 2.24) is 0 Å². The van der Waals surface area contributed by atoms with Crippen molar-refractivity contribution in [3.63, 3.8) is 0 Å². The molecule has 20 heavy (non-hydrogen) atoms. The van der Waals surface area contributed by atoms with Crippen LogP contribution in [0, 0.1) is 12.8 Å². The van der Waals surface area contributed by atoms with Gasteiger partial charge in [-0.1, -0.05) is 31.7 Å². The van der Waals surface area contributed by atoms with Crippen molar-refractivity contribution in [1.29, 1.82) is 0 Å². The Hall–Kier alpha value is -1.31. The van der Waals surface area contributed by atoms with Crippen LogP contribution in [0.15, 0.2) is 12.1 Å². The van der Waals surface area contributed by atoms with Crippen molar-refractivity contribution in [2.75, 3.05) is 0 Å². The Balaban J connectivity index is 2.06. The average Bonchev–Trinajstić information content (AvgIpc) is 2.85. The van der Waals surface area contributed by atoms with Gasteiger partial charge in [-0.3, -0.25) is 4.79 Å². The molecule has 1 N–H and O–H groups in total. The molecule has 0 saturated heterocycles. The summed E-state index contributed by atoms with van der Waals surface area (Å²) in [5, 5.41) is 10.5. The minimum atomic E-state index is 0.124. The molecular formula is C18H24O2. The molecule has 0 amide bonds. The van der Waals surface area contributed by atoms with Crippen molar-refractivity contribution in [2.45, 2.75) is 63.7 Å². The van der Waals surface area contributed by atoms with Crippen LogP contribution in [0.2, 0.25) is 0 Å². The normalized spacial score (nSPS) is 29.8. The van der Waals surface area contributed by atoms with E-state index in [1.807, 2.05) is 6.92 Å². The van der Waals surface area contributed by atoms with Gasteiger partial charge in [-0.15, -0.1) is 0 Å². The first-order valence-electron chi connectivity index (χ1n) is 7.94. The van der Waals surface area contributed by atoms with Crippen molar-refractivity contribution < 1.29 is 9.90 Å². The van der Waals surface area contributed by atoms with E-state index in [-0.39, 0.29) is 11.2 Å². The van der Waals surface area contributed by atoms with Crippen molar-refractivity contribution in [2.24, 2.45) is 5.92 Å². The van der Waals surface area contributed by atoms with Crippen LogP contribution < -0.4 is 0 Å². The van der Waals surface area contributed by atoms with Crippen LogP contribution >= 0.6 is 0 Å². The number of hydrogen-bond donors (Lipinski definition) is 1. The van der Waals surface area contributed by atoms with Crippen LogP contribution in [0.4, 0.5) is 0 Å². The standard InChI is InChI=1S/C18H24O2/c1-13-9-15(12-19)17(20)16(10-13)18-7-4-2-3-5-14(11-18)6-8-18/h9-10,12,14,20H,2-8,11H2,1H3. The number of carbonyl (C=O) groups is 1. The summed E-state index contributed by atoms with van der Waals surface area (Å²) in [5.41, 5.74) is 2.71. The Kier molecular flexibility index (Phi) is 3.57. The lowest BCUT2D eigenvalue weighted by Crippen LogP contribution is -2.24. The second-order valence-electron chi connectivity index (χ2n) is 6.86. The van der Waals surface area contributed by atoms with Gasteiger partial charge in [0.1, 0.15) is 5.75 Å². The number of carbonyl (C=O) groups excluding carboxylic acids is 1. The highest BCUT2D eigenvalue weighted by atomic mass is 16.3. The zero-order valence-electron chi connectivity index (χ0n) is 12.3. The number of fused-ring (bicyclic) bond motifs is 2. The molecule has 0 radical (unpaired) electrons. The van der Waals surface area contributed by atoms with Gasteiger partial charge >= 0.3 is 0 Å². The quantitative estimate of drug-likeness (QED) is 0.804. The van der Waals surface area contributed by atoms with E-state index in [1.54, 1.807) is 6.07 Å². The van der Waals surface area contributed by atoms with Gasteiger partial charge in [0.05, 0.1) is 5.56 Å². The largest absolute Gasteiger partial charge is 0.507 e. The van der Waals surface area contributed by atoms with E-state index >= 15 is 0 Å². The molecule has 2 aliphatic rings. The minimum absolute atomic E-state index is 0.124. The number of rotatable bonds is 2. The maximum atomic E-state index is 11.2. The van der Waals surface area contributed by atoms with Crippen LogP contribution in [0.25, 0.3) is 0 Å².